The highest BCUT2D eigenvalue weighted by Crippen LogP contribution is 2.23. The normalized spacial score (nSPS) is 13.1. The number of carbonyl (C=O) groups excluding carboxylic acids is 1. The molecule has 134 valence electrons. The zero-order chi connectivity index (χ0) is 19.2. The summed E-state index contributed by atoms with van der Waals surface area (Å²) in [6, 6.07) is 8.40. The van der Waals surface area contributed by atoms with E-state index < -0.39 is 17.9 Å². The van der Waals surface area contributed by atoms with Crippen molar-refractivity contribution in [2.45, 2.75) is 46.1 Å². The van der Waals surface area contributed by atoms with Gasteiger partial charge in [0.25, 0.3) is 5.91 Å². The van der Waals surface area contributed by atoms with Crippen molar-refractivity contribution < 1.29 is 14.7 Å². The number of carboxylic acids is 1. The molecule has 0 radical (unpaired) electrons. The Morgan fingerprint density at radius 1 is 1.20 bits per heavy atom. The average Bonchev–Trinajstić information content (AvgIpc) is 2.52. The maximum atomic E-state index is 12.1. The fourth-order valence-electron chi connectivity index (χ4n) is 2.10. The first-order chi connectivity index (χ1) is 11.6. The summed E-state index contributed by atoms with van der Waals surface area (Å²) in [5, 5.41) is 23.5. The Hall–Kier alpha value is -2.81. The van der Waals surface area contributed by atoms with Gasteiger partial charge in [-0.15, -0.1) is 0 Å². The van der Waals surface area contributed by atoms with Crippen LogP contribution in [0.2, 0.25) is 0 Å². The summed E-state index contributed by atoms with van der Waals surface area (Å²) in [5.74, 6) is -2.15. The van der Waals surface area contributed by atoms with Gasteiger partial charge in [-0.25, -0.2) is 4.79 Å². The summed E-state index contributed by atoms with van der Waals surface area (Å²) < 4.78 is 0. The molecule has 3 N–H and O–H groups in total. The first-order valence-electron chi connectivity index (χ1n) is 8.07. The minimum Gasteiger partial charge on any atom is -0.480 e. The van der Waals surface area contributed by atoms with E-state index in [-0.39, 0.29) is 16.9 Å². The van der Waals surface area contributed by atoms with Crippen molar-refractivity contribution in [3.05, 3.63) is 41.6 Å². The summed E-state index contributed by atoms with van der Waals surface area (Å²) in [6.45, 7) is 9.71. The number of aliphatic carboxylic acids is 1. The fourth-order valence-corrected chi connectivity index (χ4v) is 2.10. The maximum Gasteiger partial charge on any atom is 0.326 e. The number of rotatable bonds is 6. The van der Waals surface area contributed by atoms with Gasteiger partial charge in [0.05, 0.1) is 0 Å². The third-order valence-electron chi connectivity index (χ3n) is 3.72. The smallest absolute Gasteiger partial charge is 0.326 e. The van der Waals surface area contributed by atoms with Crippen LogP contribution in [0.1, 0.15) is 40.2 Å². The number of carbonyl (C=O) groups is 2. The zero-order valence-electron chi connectivity index (χ0n) is 15.3. The van der Waals surface area contributed by atoms with E-state index in [9.17, 15) is 9.59 Å². The lowest BCUT2D eigenvalue weighted by Gasteiger charge is -2.19. The van der Waals surface area contributed by atoms with Crippen molar-refractivity contribution in [3.8, 4) is 6.07 Å². The van der Waals surface area contributed by atoms with Crippen molar-refractivity contribution in [3.63, 3.8) is 0 Å². The maximum absolute atomic E-state index is 12.1. The predicted molar refractivity (Wildman–Crippen MR) is 96.9 cm³/mol. The SMILES string of the molecule is CC(C)C(NC(=O)/C(C#N)=C\Nc1ccc(C(C)(C)C)cc1)C(=O)O. The number of hydrogen-bond acceptors (Lipinski definition) is 4. The number of anilines is 1. The van der Waals surface area contributed by atoms with Crippen molar-refractivity contribution in [1.82, 2.24) is 5.32 Å². The quantitative estimate of drug-likeness (QED) is 0.544. The van der Waals surface area contributed by atoms with Crippen molar-refractivity contribution in [1.29, 1.82) is 5.26 Å². The van der Waals surface area contributed by atoms with Crippen LogP contribution in [-0.4, -0.2) is 23.0 Å². The lowest BCUT2D eigenvalue weighted by molar-refractivity contribution is -0.142. The molecule has 0 aliphatic rings. The van der Waals surface area contributed by atoms with Crippen LogP contribution >= 0.6 is 0 Å². The minimum atomic E-state index is -1.13. The molecule has 1 aromatic carbocycles. The lowest BCUT2D eigenvalue weighted by Crippen LogP contribution is -2.44. The molecule has 1 rings (SSSR count). The first-order valence-corrected chi connectivity index (χ1v) is 8.07. The molecule has 25 heavy (non-hydrogen) atoms. The highest BCUT2D eigenvalue weighted by molar-refractivity contribution is 5.99. The molecule has 1 unspecified atom stereocenters. The van der Waals surface area contributed by atoms with Crippen molar-refractivity contribution in [2.75, 3.05) is 5.32 Å². The number of nitrogens with one attached hydrogen (secondary N) is 2. The summed E-state index contributed by atoms with van der Waals surface area (Å²) in [7, 11) is 0. The van der Waals surface area contributed by atoms with Gasteiger partial charge in [-0.2, -0.15) is 5.26 Å². The molecule has 6 heteroatoms. The lowest BCUT2D eigenvalue weighted by atomic mass is 9.87. The van der Waals surface area contributed by atoms with E-state index in [2.05, 4.69) is 31.4 Å². The van der Waals surface area contributed by atoms with E-state index in [1.54, 1.807) is 19.9 Å². The molecular formula is C19H25N3O3. The van der Waals surface area contributed by atoms with Gasteiger partial charge in [0.15, 0.2) is 0 Å². The Morgan fingerprint density at radius 3 is 2.16 bits per heavy atom. The van der Waals surface area contributed by atoms with Crippen LogP contribution in [0.5, 0.6) is 0 Å². The standard InChI is InChI=1S/C19H25N3O3/c1-12(2)16(18(24)25)22-17(23)13(10-20)11-21-15-8-6-14(7-9-15)19(3,4)5/h6-9,11-12,16,21H,1-5H3,(H,22,23)(H,24,25)/b13-11-. The fraction of sp³-hybridized carbons (Fsp3) is 0.421. The average molecular weight is 343 g/mol. The van der Waals surface area contributed by atoms with Gasteiger partial charge in [-0.1, -0.05) is 46.8 Å². The van der Waals surface area contributed by atoms with Gasteiger partial charge in [0.2, 0.25) is 0 Å². The number of carboxylic acid groups (broad SMARTS) is 1. The van der Waals surface area contributed by atoms with E-state index in [0.29, 0.717) is 0 Å². The molecule has 0 saturated heterocycles. The summed E-state index contributed by atoms with van der Waals surface area (Å²) >= 11 is 0. The molecule has 1 amide bonds. The largest absolute Gasteiger partial charge is 0.480 e. The van der Waals surface area contributed by atoms with Crippen LogP contribution in [-0.2, 0) is 15.0 Å². The minimum absolute atomic E-state index is 0.0365. The highest BCUT2D eigenvalue weighted by atomic mass is 16.4. The molecule has 1 atom stereocenters. The third-order valence-corrected chi connectivity index (χ3v) is 3.72. The van der Waals surface area contributed by atoms with E-state index in [4.69, 9.17) is 10.4 Å². The molecule has 0 saturated carbocycles. The number of hydrogen-bond donors (Lipinski definition) is 3. The van der Waals surface area contributed by atoms with Gasteiger partial charge in [0.1, 0.15) is 17.7 Å². The molecule has 0 heterocycles. The van der Waals surface area contributed by atoms with E-state index >= 15 is 0 Å². The Morgan fingerprint density at radius 2 is 1.76 bits per heavy atom. The molecule has 0 bridgehead atoms. The number of benzene rings is 1. The molecule has 1 aromatic rings. The van der Waals surface area contributed by atoms with Crippen LogP contribution < -0.4 is 10.6 Å². The number of nitriles is 1. The Balaban J connectivity index is 2.84. The van der Waals surface area contributed by atoms with Crippen LogP contribution in [0.15, 0.2) is 36.0 Å². The number of nitrogens with zero attached hydrogens (tertiary/aromatic N) is 1. The van der Waals surface area contributed by atoms with Gasteiger partial charge >= 0.3 is 5.97 Å². The third kappa shape index (κ3) is 5.96. The van der Waals surface area contributed by atoms with Crippen LogP contribution in [0.4, 0.5) is 5.69 Å². The molecule has 0 aliphatic heterocycles. The Kier molecular flexibility index (Phi) is 6.75. The predicted octanol–water partition coefficient (Wildman–Crippen LogP) is 3.03. The highest BCUT2D eigenvalue weighted by Gasteiger charge is 2.24. The zero-order valence-corrected chi connectivity index (χ0v) is 15.3. The Bertz CT molecular complexity index is 692. The second-order valence-corrected chi connectivity index (χ2v) is 7.17. The summed E-state index contributed by atoms with van der Waals surface area (Å²) in [6.07, 6.45) is 1.28. The van der Waals surface area contributed by atoms with E-state index in [1.165, 1.54) is 11.8 Å². The second-order valence-electron chi connectivity index (χ2n) is 7.17. The van der Waals surface area contributed by atoms with Crippen LogP contribution in [0.25, 0.3) is 0 Å². The Labute approximate surface area is 148 Å². The molecular weight excluding hydrogens is 318 g/mol. The van der Waals surface area contributed by atoms with E-state index in [1.807, 2.05) is 24.3 Å². The van der Waals surface area contributed by atoms with Gasteiger partial charge in [0, 0.05) is 11.9 Å². The van der Waals surface area contributed by atoms with Crippen molar-refractivity contribution >= 4 is 17.6 Å². The van der Waals surface area contributed by atoms with Gasteiger partial charge in [-0.05, 0) is 29.0 Å². The van der Waals surface area contributed by atoms with Crippen LogP contribution in [0, 0.1) is 17.2 Å². The van der Waals surface area contributed by atoms with Crippen LogP contribution in [0.3, 0.4) is 0 Å². The second kappa shape index (κ2) is 8.34. The molecule has 0 fully saturated rings. The number of amides is 1. The van der Waals surface area contributed by atoms with Gasteiger partial charge in [-0.3, -0.25) is 4.79 Å². The summed E-state index contributed by atoms with van der Waals surface area (Å²) in [5.41, 5.74) is 1.75. The van der Waals surface area contributed by atoms with Gasteiger partial charge < -0.3 is 15.7 Å². The topological polar surface area (TPSA) is 102 Å². The molecule has 0 aromatic heterocycles. The molecule has 0 spiro atoms. The molecule has 0 aliphatic carbocycles. The monoisotopic (exact) mass is 343 g/mol. The molecule has 6 nitrogen and oxygen atoms in total. The van der Waals surface area contributed by atoms with Crippen molar-refractivity contribution in [2.24, 2.45) is 5.92 Å². The summed E-state index contributed by atoms with van der Waals surface area (Å²) in [4.78, 5) is 23.2. The van der Waals surface area contributed by atoms with E-state index in [0.717, 1.165) is 5.69 Å². The first kappa shape index (κ1) is 20.2.